The Balaban J connectivity index is 1.52. The molecule has 2 saturated heterocycles. The minimum atomic E-state index is -0.107. The summed E-state index contributed by atoms with van der Waals surface area (Å²) in [5.74, 6) is 1.23. The fourth-order valence-electron chi connectivity index (χ4n) is 5.05. The van der Waals surface area contributed by atoms with Crippen LogP contribution in [0.1, 0.15) is 30.9 Å². The molecule has 3 aliphatic rings. The van der Waals surface area contributed by atoms with E-state index in [4.69, 9.17) is 0 Å². The molecule has 6 nitrogen and oxygen atoms in total. The van der Waals surface area contributed by atoms with Gasteiger partial charge in [0.05, 0.1) is 5.75 Å². The molecule has 0 unspecified atom stereocenters. The number of amides is 1. The highest BCUT2D eigenvalue weighted by molar-refractivity contribution is 7.99. The zero-order chi connectivity index (χ0) is 19.0. The smallest absolute Gasteiger partial charge is 0.274 e. The first-order chi connectivity index (χ1) is 13.0. The topological polar surface area (TPSA) is 57.6 Å². The van der Waals surface area contributed by atoms with E-state index in [2.05, 4.69) is 28.2 Å². The maximum Gasteiger partial charge on any atom is 0.274 e. The molecule has 0 aliphatic carbocycles. The number of nitrogens with zero attached hydrogens (tertiary/aromatic N) is 3. The number of thioether (sulfide) groups is 1. The van der Waals surface area contributed by atoms with E-state index >= 15 is 0 Å². The molecule has 0 radical (unpaired) electrons. The maximum absolute atomic E-state index is 12.9. The average molecular weight is 391 g/mol. The van der Waals surface area contributed by atoms with Crippen LogP contribution in [0.3, 0.4) is 0 Å². The average Bonchev–Trinajstić information content (AvgIpc) is 2.65. The molecule has 0 aromatic carbocycles. The second-order valence-corrected chi connectivity index (χ2v) is 9.22. The number of fused-ring (bicyclic) bond motifs is 4. The minimum Gasteiger partial charge on any atom is -0.321 e. The molecule has 4 rings (SSSR count). The molecule has 4 heterocycles. The lowest BCUT2D eigenvalue weighted by molar-refractivity contribution is -0.113. The Morgan fingerprint density at radius 1 is 1.22 bits per heavy atom. The lowest BCUT2D eigenvalue weighted by Crippen LogP contribution is -2.53. The first kappa shape index (κ1) is 19.0. The summed E-state index contributed by atoms with van der Waals surface area (Å²) >= 11 is 1.46. The van der Waals surface area contributed by atoms with Crippen LogP contribution in [0.15, 0.2) is 16.9 Å². The Hall–Kier alpha value is -1.31. The normalized spacial score (nSPS) is 26.6. The number of nitrogens with one attached hydrogen (secondary N) is 1. The van der Waals surface area contributed by atoms with Crippen molar-refractivity contribution in [3.8, 4) is 0 Å². The van der Waals surface area contributed by atoms with Crippen LogP contribution in [0.2, 0.25) is 0 Å². The molecule has 1 N–H and O–H groups in total. The molecule has 2 fully saturated rings. The number of aromatic nitrogens is 1. The van der Waals surface area contributed by atoms with Crippen molar-refractivity contribution in [1.29, 1.82) is 0 Å². The van der Waals surface area contributed by atoms with Gasteiger partial charge in [-0.15, -0.1) is 0 Å². The van der Waals surface area contributed by atoms with Crippen molar-refractivity contribution in [2.24, 2.45) is 5.92 Å². The van der Waals surface area contributed by atoms with Crippen LogP contribution < -0.4 is 10.9 Å². The number of likely N-dealkylation sites (tertiary alicyclic amines) is 2. The highest BCUT2D eigenvalue weighted by Crippen LogP contribution is 2.37. The number of anilines is 1. The zero-order valence-electron chi connectivity index (χ0n) is 16.3. The number of hydrogen-bond donors (Lipinski definition) is 1. The second-order valence-electron chi connectivity index (χ2n) is 8.36. The summed E-state index contributed by atoms with van der Waals surface area (Å²) in [6.45, 7) is 5.31. The molecule has 0 saturated carbocycles. The standard InChI is InChI=1S/C20H30N4O2S/c1-22-7-5-16(6-8-22)23-10-14-9-15(12-23)18-4-3-17(20(26)24(18)11-14)21-19(25)13-27-2/h3-4,14-16H,5-13H2,1-2H3,(H,21,25)/t14-,15+/m0/s1. The molecule has 148 valence electrons. The molecule has 1 aromatic rings. The lowest BCUT2D eigenvalue weighted by Gasteiger charge is -2.47. The molecule has 0 spiro atoms. The Kier molecular flexibility index (Phi) is 5.62. The van der Waals surface area contributed by atoms with E-state index in [0.29, 0.717) is 29.3 Å². The van der Waals surface area contributed by atoms with Gasteiger partial charge in [0.1, 0.15) is 5.69 Å². The van der Waals surface area contributed by atoms with Crippen LogP contribution in [0.25, 0.3) is 0 Å². The minimum absolute atomic E-state index is 0.0376. The molecular formula is C20H30N4O2S. The van der Waals surface area contributed by atoms with Gasteiger partial charge < -0.3 is 14.8 Å². The molecule has 7 heteroatoms. The van der Waals surface area contributed by atoms with Gasteiger partial charge in [0.2, 0.25) is 5.91 Å². The highest BCUT2D eigenvalue weighted by atomic mass is 32.2. The van der Waals surface area contributed by atoms with Gasteiger partial charge in [-0.2, -0.15) is 11.8 Å². The molecule has 1 aromatic heterocycles. The van der Waals surface area contributed by atoms with E-state index < -0.39 is 0 Å². The quantitative estimate of drug-likeness (QED) is 0.847. The monoisotopic (exact) mass is 390 g/mol. The van der Waals surface area contributed by atoms with E-state index in [1.807, 2.05) is 10.8 Å². The molecule has 27 heavy (non-hydrogen) atoms. The number of carbonyl (C=O) groups is 1. The number of rotatable bonds is 4. The summed E-state index contributed by atoms with van der Waals surface area (Å²) in [6.07, 6.45) is 5.57. The summed E-state index contributed by atoms with van der Waals surface area (Å²) < 4.78 is 1.93. The van der Waals surface area contributed by atoms with E-state index in [1.54, 1.807) is 6.07 Å². The predicted octanol–water partition coefficient (Wildman–Crippen LogP) is 1.66. The van der Waals surface area contributed by atoms with Gasteiger partial charge >= 0.3 is 0 Å². The van der Waals surface area contributed by atoms with Gasteiger partial charge in [0.15, 0.2) is 0 Å². The summed E-state index contributed by atoms with van der Waals surface area (Å²) in [4.78, 5) is 29.9. The van der Waals surface area contributed by atoms with Gasteiger partial charge in [-0.1, -0.05) is 0 Å². The van der Waals surface area contributed by atoms with Crippen molar-refractivity contribution in [3.05, 3.63) is 28.2 Å². The Labute approximate surface area is 165 Å². The molecule has 2 bridgehead atoms. The van der Waals surface area contributed by atoms with Crippen molar-refractivity contribution in [2.75, 3.05) is 50.6 Å². The van der Waals surface area contributed by atoms with Crippen molar-refractivity contribution < 1.29 is 4.79 Å². The fourth-order valence-corrected chi connectivity index (χ4v) is 5.39. The van der Waals surface area contributed by atoms with Gasteiger partial charge in [-0.3, -0.25) is 14.5 Å². The summed E-state index contributed by atoms with van der Waals surface area (Å²) in [7, 11) is 2.21. The summed E-state index contributed by atoms with van der Waals surface area (Å²) in [6, 6.07) is 4.56. The van der Waals surface area contributed by atoms with Gasteiger partial charge in [0.25, 0.3) is 5.56 Å². The third-order valence-corrected chi connectivity index (χ3v) is 6.94. The number of hydrogen-bond acceptors (Lipinski definition) is 5. The van der Waals surface area contributed by atoms with Crippen LogP contribution in [0.4, 0.5) is 5.69 Å². The van der Waals surface area contributed by atoms with E-state index in [0.717, 1.165) is 25.3 Å². The fraction of sp³-hybridized carbons (Fsp3) is 0.700. The van der Waals surface area contributed by atoms with Crippen molar-refractivity contribution in [2.45, 2.75) is 37.8 Å². The van der Waals surface area contributed by atoms with E-state index in [1.165, 1.54) is 44.1 Å². The second kappa shape index (κ2) is 7.97. The number of carbonyl (C=O) groups excluding carboxylic acids is 1. The molecule has 2 atom stereocenters. The Morgan fingerprint density at radius 2 is 2.00 bits per heavy atom. The lowest BCUT2D eigenvalue weighted by atomic mass is 9.82. The largest absolute Gasteiger partial charge is 0.321 e. The van der Waals surface area contributed by atoms with Crippen LogP contribution in [0, 0.1) is 5.92 Å². The summed E-state index contributed by atoms with van der Waals surface area (Å²) in [5, 5.41) is 2.78. The number of pyridine rings is 1. The molecule has 3 aliphatic heterocycles. The first-order valence-electron chi connectivity index (χ1n) is 10.00. The van der Waals surface area contributed by atoms with Crippen LogP contribution in [-0.4, -0.2) is 71.6 Å². The maximum atomic E-state index is 12.9. The molecule has 1 amide bonds. The first-order valence-corrected chi connectivity index (χ1v) is 11.4. The van der Waals surface area contributed by atoms with Crippen molar-refractivity contribution >= 4 is 23.4 Å². The van der Waals surface area contributed by atoms with Gasteiger partial charge in [-0.25, -0.2) is 0 Å². The van der Waals surface area contributed by atoms with Crippen LogP contribution >= 0.6 is 11.8 Å². The third-order valence-electron chi connectivity index (χ3n) is 6.39. The van der Waals surface area contributed by atoms with Gasteiger partial charge in [-0.05, 0) is 63.7 Å². The van der Waals surface area contributed by atoms with Crippen LogP contribution in [0.5, 0.6) is 0 Å². The third kappa shape index (κ3) is 3.96. The van der Waals surface area contributed by atoms with Gasteiger partial charge in [0, 0.05) is 37.3 Å². The van der Waals surface area contributed by atoms with E-state index in [-0.39, 0.29) is 11.5 Å². The molecular weight excluding hydrogens is 360 g/mol. The van der Waals surface area contributed by atoms with Crippen LogP contribution in [-0.2, 0) is 11.3 Å². The Morgan fingerprint density at radius 3 is 2.74 bits per heavy atom. The van der Waals surface area contributed by atoms with E-state index in [9.17, 15) is 9.59 Å². The van der Waals surface area contributed by atoms with Crippen molar-refractivity contribution in [1.82, 2.24) is 14.4 Å². The number of piperidine rings is 2. The SMILES string of the molecule is CSCC(=O)Nc1ccc2n(c1=O)C[C@H]1C[C@@H]2CN(C2CCN(C)CC2)C1. The highest BCUT2D eigenvalue weighted by Gasteiger charge is 2.37. The summed E-state index contributed by atoms with van der Waals surface area (Å²) in [5.41, 5.74) is 1.53. The van der Waals surface area contributed by atoms with Crippen molar-refractivity contribution in [3.63, 3.8) is 0 Å². The Bertz CT molecular complexity index is 757. The zero-order valence-corrected chi connectivity index (χ0v) is 17.1. The predicted molar refractivity (Wildman–Crippen MR) is 111 cm³/mol.